The Bertz CT molecular complexity index is 123. The summed E-state index contributed by atoms with van der Waals surface area (Å²) < 4.78 is 0. The Hall–Kier alpha value is -0.0400. The Morgan fingerprint density at radius 3 is 2.60 bits per heavy atom. The highest BCUT2D eigenvalue weighted by atomic mass is 79.9. The minimum Gasteiger partial charge on any atom is -0.0844 e. The van der Waals surface area contributed by atoms with Gasteiger partial charge < -0.3 is 0 Å². The maximum Gasteiger partial charge on any atom is -0.0186 e. The molecule has 0 saturated heterocycles. The van der Waals surface area contributed by atoms with Crippen molar-refractivity contribution in [2.24, 2.45) is 0 Å². The lowest BCUT2D eigenvalue weighted by atomic mass is 10.1. The number of unbranched alkanes of at least 4 members (excludes halogenated alkanes) is 1. The standard InChI is InChI=1S/C9H15Br/c1-3-5-6-9(4-2)7-8-10/h4,7-8H,3,5-6H2,1-2H3/b8-7-,9-4+. The molecule has 0 unspecified atom stereocenters. The summed E-state index contributed by atoms with van der Waals surface area (Å²) in [7, 11) is 0. The normalized spacial score (nSPS) is 12.9. The van der Waals surface area contributed by atoms with Crippen LogP contribution in [0.1, 0.15) is 33.1 Å². The highest BCUT2D eigenvalue weighted by Crippen LogP contribution is 2.08. The van der Waals surface area contributed by atoms with Crippen molar-refractivity contribution < 1.29 is 0 Å². The Morgan fingerprint density at radius 2 is 2.20 bits per heavy atom. The van der Waals surface area contributed by atoms with Gasteiger partial charge in [-0.2, -0.15) is 0 Å². The summed E-state index contributed by atoms with van der Waals surface area (Å²) in [5.41, 5.74) is 1.42. The zero-order valence-electron chi connectivity index (χ0n) is 6.73. The molecular weight excluding hydrogens is 188 g/mol. The highest BCUT2D eigenvalue weighted by Gasteiger charge is 1.88. The van der Waals surface area contributed by atoms with Crippen LogP contribution < -0.4 is 0 Å². The molecule has 0 aliphatic rings. The van der Waals surface area contributed by atoms with E-state index >= 15 is 0 Å². The minimum absolute atomic E-state index is 1.20. The zero-order valence-corrected chi connectivity index (χ0v) is 8.32. The third-order valence-corrected chi connectivity index (χ3v) is 1.73. The van der Waals surface area contributed by atoms with Crippen molar-refractivity contribution in [2.45, 2.75) is 33.1 Å². The molecule has 0 saturated carbocycles. The molecule has 58 valence electrons. The van der Waals surface area contributed by atoms with E-state index in [4.69, 9.17) is 0 Å². The summed E-state index contributed by atoms with van der Waals surface area (Å²) in [5, 5.41) is 0. The maximum atomic E-state index is 3.26. The molecule has 0 aromatic carbocycles. The van der Waals surface area contributed by atoms with Gasteiger partial charge in [0.2, 0.25) is 0 Å². The molecule has 0 radical (unpaired) electrons. The fourth-order valence-electron chi connectivity index (χ4n) is 0.786. The molecule has 0 nitrogen and oxygen atoms in total. The summed E-state index contributed by atoms with van der Waals surface area (Å²) >= 11 is 3.26. The van der Waals surface area contributed by atoms with Gasteiger partial charge in [0.1, 0.15) is 0 Å². The van der Waals surface area contributed by atoms with Crippen LogP contribution in [0.15, 0.2) is 22.7 Å². The molecule has 0 heterocycles. The number of hydrogen-bond donors (Lipinski definition) is 0. The fourth-order valence-corrected chi connectivity index (χ4v) is 1.13. The minimum atomic E-state index is 1.20. The van der Waals surface area contributed by atoms with E-state index in [1.807, 2.05) is 4.99 Å². The highest BCUT2D eigenvalue weighted by molar-refractivity contribution is 9.11. The second-order valence-electron chi connectivity index (χ2n) is 2.26. The van der Waals surface area contributed by atoms with Crippen molar-refractivity contribution in [3.8, 4) is 0 Å². The van der Waals surface area contributed by atoms with Gasteiger partial charge >= 0.3 is 0 Å². The number of halogens is 1. The van der Waals surface area contributed by atoms with E-state index in [-0.39, 0.29) is 0 Å². The van der Waals surface area contributed by atoms with Crippen molar-refractivity contribution in [1.82, 2.24) is 0 Å². The van der Waals surface area contributed by atoms with Crippen LogP contribution in [0.2, 0.25) is 0 Å². The monoisotopic (exact) mass is 202 g/mol. The molecule has 0 fully saturated rings. The van der Waals surface area contributed by atoms with E-state index in [2.05, 4.69) is 41.9 Å². The molecule has 0 aromatic heterocycles. The van der Waals surface area contributed by atoms with Gasteiger partial charge in [-0.1, -0.05) is 47.0 Å². The summed E-state index contributed by atoms with van der Waals surface area (Å²) in [6.45, 7) is 4.29. The second kappa shape index (κ2) is 7.07. The van der Waals surface area contributed by atoms with E-state index in [9.17, 15) is 0 Å². The zero-order chi connectivity index (χ0) is 7.82. The van der Waals surface area contributed by atoms with Gasteiger partial charge in [-0.25, -0.2) is 0 Å². The predicted molar refractivity (Wildman–Crippen MR) is 51.3 cm³/mol. The smallest absolute Gasteiger partial charge is 0.0186 e. The van der Waals surface area contributed by atoms with E-state index < -0.39 is 0 Å². The number of allylic oxidation sites excluding steroid dienone is 3. The largest absolute Gasteiger partial charge is 0.0844 e. The fraction of sp³-hybridized carbons (Fsp3) is 0.556. The molecule has 0 amide bonds. The van der Waals surface area contributed by atoms with E-state index in [1.165, 1.54) is 24.8 Å². The summed E-state index contributed by atoms with van der Waals surface area (Å²) in [6, 6.07) is 0. The van der Waals surface area contributed by atoms with Crippen molar-refractivity contribution in [1.29, 1.82) is 0 Å². The summed E-state index contributed by atoms with van der Waals surface area (Å²) in [4.78, 5) is 1.91. The van der Waals surface area contributed by atoms with Crippen LogP contribution >= 0.6 is 15.9 Å². The van der Waals surface area contributed by atoms with Gasteiger partial charge in [0.05, 0.1) is 0 Å². The first-order valence-electron chi connectivity index (χ1n) is 3.77. The van der Waals surface area contributed by atoms with Crippen LogP contribution in [0, 0.1) is 0 Å². The van der Waals surface area contributed by atoms with Crippen molar-refractivity contribution in [2.75, 3.05) is 0 Å². The molecule has 0 aromatic rings. The molecule has 0 spiro atoms. The Balaban J connectivity index is 3.62. The van der Waals surface area contributed by atoms with Gasteiger partial charge in [-0.05, 0) is 24.8 Å². The molecule has 0 N–H and O–H groups in total. The van der Waals surface area contributed by atoms with E-state index in [0.717, 1.165) is 0 Å². The van der Waals surface area contributed by atoms with Crippen molar-refractivity contribution in [3.05, 3.63) is 22.7 Å². The van der Waals surface area contributed by atoms with Crippen molar-refractivity contribution in [3.63, 3.8) is 0 Å². The van der Waals surface area contributed by atoms with Crippen molar-refractivity contribution >= 4 is 15.9 Å². The van der Waals surface area contributed by atoms with Gasteiger partial charge in [0, 0.05) is 0 Å². The second-order valence-corrected chi connectivity index (χ2v) is 2.79. The van der Waals surface area contributed by atoms with Crippen LogP contribution in [0.4, 0.5) is 0 Å². The lowest BCUT2D eigenvalue weighted by molar-refractivity contribution is 0.797. The first-order chi connectivity index (χ1) is 4.85. The van der Waals surface area contributed by atoms with Crippen LogP contribution in [0.5, 0.6) is 0 Å². The van der Waals surface area contributed by atoms with E-state index in [0.29, 0.717) is 0 Å². The maximum absolute atomic E-state index is 3.26. The third kappa shape index (κ3) is 4.80. The average molecular weight is 203 g/mol. The Morgan fingerprint density at radius 1 is 1.50 bits per heavy atom. The molecule has 0 aliphatic heterocycles. The SMILES string of the molecule is C/C=C(/C=C\Br)CCCC. The molecular formula is C9H15Br. The molecule has 0 bridgehead atoms. The van der Waals surface area contributed by atoms with Gasteiger partial charge in [0.15, 0.2) is 0 Å². The van der Waals surface area contributed by atoms with E-state index in [1.54, 1.807) is 0 Å². The van der Waals surface area contributed by atoms with Gasteiger partial charge in [-0.3, -0.25) is 0 Å². The number of hydrogen-bond acceptors (Lipinski definition) is 0. The number of rotatable bonds is 4. The third-order valence-electron chi connectivity index (χ3n) is 1.47. The lowest BCUT2D eigenvalue weighted by Crippen LogP contribution is -1.76. The molecule has 0 rings (SSSR count). The quantitative estimate of drug-likeness (QED) is 0.605. The van der Waals surface area contributed by atoms with Gasteiger partial charge in [-0.15, -0.1) is 0 Å². The summed E-state index contributed by atoms with van der Waals surface area (Å²) in [5.74, 6) is 0. The topological polar surface area (TPSA) is 0 Å². The first-order valence-corrected chi connectivity index (χ1v) is 4.68. The Labute approximate surface area is 72.1 Å². The van der Waals surface area contributed by atoms with Gasteiger partial charge in [0.25, 0.3) is 0 Å². The van der Waals surface area contributed by atoms with Crippen LogP contribution in [0.25, 0.3) is 0 Å². The lowest BCUT2D eigenvalue weighted by Gasteiger charge is -1.97. The average Bonchev–Trinajstić information content (AvgIpc) is 1.98. The Kier molecular flexibility index (Phi) is 7.04. The van der Waals surface area contributed by atoms with Crippen LogP contribution in [-0.4, -0.2) is 0 Å². The predicted octanol–water partition coefficient (Wildman–Crippen LogP) is 4.03. The molecule has 0 atom stereocenters. The molecule has 10 heavy (non-hydrogen) atoms. The molecule has 0 aliphatic carbocycles. The first kappa shape index (κ1) is 9.96. The van der Waals surface area contributed by atoms with Crippen LogP contribution in [0.3, 0.4) is 0 Å². The van der Waals surface area contributed by atoms with Crippen LogP contribution in [-0.2, 0) is 0 Å². The molecule has 1 heteroatoms. The summed E-state index contributed by atoms with van der Waals surface area (Å²) in [6.07, 6.45) is 8.03.